The lowest BCUT2D eigenvalue weighted by Crippen LogP contribution is -2.43. The fourth-order valence-corrected chi connectivity index (χ4v) is 4.22. The van der Waals surface area contributed by atoms with Crippen LogP contribution < -0.4 is 5.69 Å². The van der Waals surface area contributed by atoms with Gasteiger partial charge in [-0.3, -0.25) is 18.7 Å². The second-order valence-electron chi connectivity index (χ2n) is 7.92. The molecule has 1 aliphatic rings. The van der Waals surface area contributed by atoms with Crippen LogP contribution in [0.4, 0.5) is 0 Å². The molecule has 0 fully saturated rings. The first-order valence-electron chi connectivity index (χ1n) is 10.7. The Labute approximate surface area is 180 Å². The summed E-state index contributed by atoms with van der Waals surface area (Å²) in [6, 6.07) is 15.4. The number of carbonyl (C=O) groups excluding carboxylic acids is 2. The first-order valence-corrected chi connectivity index (χ1v) is 10.7. The standard InChI is InChI=1S/C24H27N3O4/c1-3-13-26-20-10-6-7-11-21(20)27(24(26)30)16-22(28)31-17(2)23(29)25-14-12-18-8-4-5-9-19(18)15-25/h4-11,17H,3,12-16H2,1-2H3. The van der Waals surface area contributed by atoms with Crippen molar-refractivity contribution in [2.75, 3.05) is 6.54 Å². The molecule has 1 aromatic heterocycles. The van der Waals surface area contributed by atoms with E-state index < -0.39 is 12.1 Å². The van der Waals surface area contributed by atoms with Gasteiger partial charge in [0, 0.05) is 19.6 Å². The summed E-state index contributed by atoms with van der Waals surface area (Å²) in [4.78, 5) is 40.0. The predicted molar refractivity (Wildman–Crippen MR) is 118 cm³/mol. The highest BCUT2D eigenvalue weighted by Crippen LogP contribution is 2.20. The molecule has 0 spiro atoms. The van der Waals surface area contributed by atoms with E-state index in [1.54, 1.807) is 16.4 Å². The molecule has 162 valence electrons. The van der Waals surface area contributed by atoms with Crippen molar-refractivity contribution >= 4 is 22.9 Å². The lowest BCUT2D eigenvalue weighted by atomic mass is 9.99. The van der Waals surface area contributed by atoms with Gasteiger partial charge in [0.15, 0.2) is 6.10 Å². The number of benzene rings is 2. The van der Waals surface area contributed by atoms with Crippen molar-refractivity contribution in [1.82, 2.24) is 14.0 Å². The number of carbonyl (C=O) groups is 2. The molecule has 1 aliphatic heterocycles. The van der Waals surface area contributed by atoms with Crippen LogP contribution in [-0.2, 0) is 40.4 Å². The number of aromatic nitrogens is 2. The van der Waals surface area contributed by atoms with Crippen molar-refractivity contribution < 1.29 is 14.3 Å². The highest BCUT2D eigenvalue weighted by atomic mass is 16.5. The number of nitrogens with zero attached hydrogens (tertiary/aromatic N) is 3. The number of hydrogen-bond acceptors (Lipinski definition) is 4. The SMILES string of the molecule is CCCn1c(=O)n(CC(=O)OC(C)C(=O)N2CCc3ccccc3C2)c2ccccc21. The van der Waals surface area contributed by atoms with E-state index >= 15 is 0 Å². The molecule has 1 atom stereocenters. The minimum absolute atomic E-state index is 0.219. The van der Waals surface area contributed by atoms with Gasteiger partial charge in [-0.2, -0.15) is 0 Å². The average Bonchev–Trinajstić information content (AvgIpc) is 3.04. The van der Waals surface area contributed by atoms with Gasteiger partial charge >= 0.3 is 11.7 Å². The minimum Gasteiger partial charge on any atom is -0.451 e. The maximum Gasteiger partial charge on any atom is 0.329 e. The molecule has 31 heavy (non-hydrogen) atoms. The van der Waals surface area contributed by atoms with E-state index in [4.69, 9.17) is 4.74 Å². The summed E-state index contributed by atoms with van der Waals surface area (Å²) in [7, 11) is 0. The number of ether oxygens (including phenoxy) is 1. The second kappa shape index (κ2) is 8.79. The topological polar surface area (TPSA) is 73.5 Å². The number of aryl methyl sites for hydroxylation is 1. The lowest BCUT2D eigenvalue weighted by Gasteiger charge is -2.30. The largest absolute Gasteiger partial charge is 0.451 e. The van der Waals surface area contributed by atoms with E-state index in [9.17, 15) is 14.4 Å². The van der Waals surface area contributed by atoms with E-state index in [2.05, 4.69) is 6.07 Å². The zero-order valence-electron chi connectivity index (χ0n) is 17.9. The molecule has 4 rings (SSSR count). The smallest absolute Gasteiger partial charge is 0.329 e. The Hall–Kier alpha value is -3.35. The molecule has 7 heteroatoms. The number of rotatable bonds is 6. The summed E-state index contributed by atoms with van der Waals surface area (Å²) in [5, 5.41) is 0. The van der Waals surface area contributed by atoms with Crippen LogP contribution in [0.1, 0.15) is 31.4 Å². The van der Waals surface area contributed by atoms with Crippen LogP contribution in [0.2, 0.25) is 0 Å². The van der Waals surface area contributed by atoms with E-state index in [1.807, 2.05) is 49.4 Å². The van der Waals surface area contributed by atoms with Crippen LogP contribution in [-0.4, -0.2) is 38.6 Å². The van der Waals surface area contributed by atoms with Gasteiger partial charge in [-0.15, -0.1) is 0 Å². The van der Waals surface area contributed by atoms with Crippen LogP contribution in [0.15, 0.2) is 53.3 Å². The Morgan fingerprint density at radius 3 is 2.35 bits per heavy atom. The van der Waals surface area contributed by atoms with Gasteiger partial charge in [-0.05, 0) is 43.0 Å². The molecule has 0 radical (unpaired) electrons. The van der Waals surface area contributed by atoms with Crippen molar-refractivity contribution in [3.63, 3.8) is 0 Å². The Morgan fingerprint density at radius 1 is 1.00 bits per heavy atom. The first kappa shape index (κ1) is 20.9. The Bertz CT molecular complexity index is 1180. The van der Waals surface area contributed by atoms with Crippen molar-refractivity contribution in [1.29, 1.82) is 0 Å². The number of fused-ring (bicyclic) bond motifs is 2. The van der Waals surface area contributed by atoms with Gasteiger partial charge in [-0.25, -0.2) is 4.79 Å². The number of esters is 1. The normalized spacial score (nSPS) is 14.3. The molecule has 2 heterocycles. The lowest BCUT2D eigenvalue weighted by molar-refractivity contribution is -0.160. The fourth-order valence-electron chi connectivity index (χ4n) is 4.22. The summed E-state index contributed by atoms with van der Waals surface area (Å²) in [6.07, 6.45) is 0.690. The Balaban J connectivity index is 1.45. The van der Waals surface area contributed by atoms with Crippen LogP contribution in [0.3, 0.4) is 0 Å². The van der Waals surface area contributed by atoms with E-state index in [-0.39, 0.29) is 18.1 Å². The zero-order valence-corrected chi connectivity index (χ0v) is 17.9. The summed E-state index contributed by atoms with van der Waals surface area (Å²) < 4.78 is 8.52. The summed E-state index contributed by atoms with van der Waals surface area (Å²) in [5.74, 6) is -0.816. The molecule has 0 bridgehead atoms. The highest BCUT2D eigenvalue weighted by molar-refractivity contribution is 5.84. The quantitative estimate of drug-likeness (QED) is 0.574. The van der Waals surface area contributed by atoms with Crippen molar-refractivity contribution in [3.8, 4) is 0 Å². The maximum absolute atomic E-state index is 12.8. The third kappa shape index (κ3) is 4.13. The van der Waals surface area contributed by atoms with Crippen LogP contribution >= 0.6 is 0 Å². The molecular weight excluding hydrogens is 394 g/mol. The highest BCUT2D eigenvalue weighted by Gasteiger charge is 2.27. The van der Waals surface area contributed by atoms with Crippen LogP contribution in [0.25, 0.3) is 11.0 Å². The molecule has 0 saturated carbocycles. The van der Waals surface area contributed by atoms with Gasteiger partial charge in [0.25, 0.3) is 5.91 Å². The predicted octanol–water partition coefficient (Wildman–Crippen LogP) is 2.73. The van der Waals surface area contributed by atoms with Crippen LogP contribution in [0, 0.1) is 0 Å². The first-order chi connectivity index (χ1) is 15.0. The average molecular weight is 421 g/mol. The van der Waals surface area contributed by atoms with Crippen molar-refractivity contribution in [2.45, 2.75) is 52.4 Å². The number of hydrogen-bond donors (Lipinski definition) is 0. The van der Waals surface area contributed by atoms with Crippen molar-refractivity contribution in [2.24, 2.45) is 0 Å². The molecule has 1 unspecified atom stereocenters. The van der Waals surface area contributed by atoms with Gasteiger partial charge in [-0.1, -0.05) is 43.3 Å². The third-order valence-corrected chi connectivity index (χ3v) is 5.76. The molecule has 0 saturated heterocycles. The molecular formula is C24H27N3O4. The summed E-state index contributed by atoms with van der Waals surface area (Å²) >= 11 is 0. The van der Waals surface area contributed by atoms with E-state index in [1.165, 1.54) is 10.1 Å². The van der Waals surface area contributed by atoms with E-state index in [0.717, 1.165) is 23.9 Å². The van der Waals surface area contributed by atoms with Crippen molar-refractivity contribution in [3.05, 3.63) is 70.1 Å². The Kier molecular flexibility index (Phi) is 5.93. The van der Waals surface area contributed by atoms with Gasteiger partial charge in [0.1, 0.15) is 6.54 Å². The third-order valence-electron chi connectivity index (χ3n) is 5.76. The number of amides is 1. The van der Waals surface area contributed by atoms with Crippen LogP contribution in [0.5, 0.6) is 0 Å². The molecule has 2 aromatic carbocycles. The molecule has 3 aromatic rings. The number of imidazole rings is 1. The zero-order chi connectivity index (χ0) is 22.0. The molecule has 0 N–H and O–H groups in total. The van der Waals surface area contributed by atoms with Gasteiger partial charge in [0.2, 0.25) is 0 Å². The van der Waals surface area contributed by atoms with E-state index in [0.29, 0.717) is 25.2 Å². The Morgan fingerprint density at radius 2 is 1.65 bits per heavy atom. The van der Waals surface area contributed by atoms with Gasteiger partial charge < -0.3 is 9.64 Å². The second-order valence-corrected chi connectivity index (χ2v) is 7.92. The maximum atomic E-state index is 12.8. The summed E-state index contributed by atoms with van der Waals surface area (Å²) in [5.41, 5.74) is 3.60. The summed E-state index contributed by atoms with van der Waals surface area (Å²) in [6.45, 7) is 5.05. The fraction of sp³-hybridized carbons (Fsp3) is 0.375. The van der Waals surface area contributed by atoms with Gasteiger partial charge in [0.05, 0.1) is 11.0 Å². The number of para-hydroxylation sites is 2. The molecule has 0 aliphatic carbocycles. The molecule has 1 amide bonds. The monoisotopic (exact) mass is 421 g/mol. The molecule has 7 nitrogen and oxygen atoms in total. The minimum atomic E-state index is -0.905.